The second kappa shape index (κ2) is 8.79. The molecule has 0 bridgehead atoms. The van der Waals surface area contributed by atoms with Gasteiger partial charge in [0, 0.05) is 24.2 Å². The fourth-order valence-corrected chi connectivity index (χ4v) is 5.44. The van der Waals surface area contributed by atoms with Gasteiger partial charge in [0.15, 0.2) is 28.1 Å². The molecule has 1 N–H and O–H groups in total. The van der Waals surface area contributed by atoms with Gasteiger partial charge in [-0.1, -0.05) is 6.07 Å². The first kappa shape index (κ1) is 21.9. The molecule has 0 amide bonds. The van der Waals surface area contributed by atoms with Crippen LogP contribution in [0.4, 0.5) is 0 Å². The highest BCUT2D eigenvalue weighted by Gasteiger charge is 2.44. The molecule has 9 heteroatoms. The Morgan fingerprint density at radius 1 is 1.15 bits per heavy atom. The fourth-order valence-electron chi connectivity index (χ4n) is 5.09. The lowest BCUT2D eigenvalue weighted by molar-refractivity contribution is 0.00756. The summed E-state index contributed by atoms with van der Waals surface area (Å²) in [6.07, 6.45) is 0.514. The summed E-state index contributed by atoms with van der Waals surface area (Å²) in [6, 6.07) is 5.82. The third-order valence-electron chi connectivity index (χ3n) is 6.48. The molecule has 0 aliphatic carbocycles. The molecule has 0 unspecified atom stereocenters. The fraction of sp³-hybridized carbons (Fsp3) is 0.458. The molecule has 0 saturated heterocycles. The van der Waals surface area contributed by atoms with Gasteiger partial charge in [0.2, 0.25) is 12.5 Å². The first-order chi connectivity index (χ1) is 16.1. The third kappa shape index (κ3) is 3.41. The van der Waals surface area contributed by atoms with Crippen LogP contribution in [0.25, 0.3) is 0 Å². The molecule has 0 saturated carbocycles. The van der Waals surface area contributed by atoms with E-state index in [9.17, 15) is 0 Å². The monoisotopic (exact) mass is 472 g/mol. The summed E-state index contributed by atoms with van der Waals surface area (Å²) < 4.78 is 35.0. The quantitative estimate of drug-likeness (QED) is 0.659. The molecule has 0 spiro atoms. The maximum absolute atomic E-state index is 6.45. The lowest BCUT2D eigenvalue weighted by atomic mass is 9.85. The van der Waals surface area contributed by atoms with Crippen molar-refractivity contribution in [2.75, 3.05) is 41.2 Å². The van der Waals surface area contributed by atoms with E-state index in [1.807, 2.05) is 13.0 Å². The molecule has 2 aromatic rings. The number of benzene rings is 2. The Kier molecular flexibility index (Phi) is 5.84. The van der Waals surface area contributed by atoms with Crippen LogP contribution in [0.15, 0.2) is 18.2 Å². The number of thiocarbonyl (C=S) groups is 1. The van der Waals surface area contributed by atoms with Gasteiger partial charge in [-0.25, -0.2) is 0 Å². The summed E-state index contributed by atoms with van der Waals surface area (Å²) in [7, 11) is 4.95. The number of fused-ring (bicyclic) bond motifs is 3. The van der Waals surface area contributed by atoms with Crippen molar-refractivity contribution in [3.8, 4) is 28.7 Å². The number of rotatable bonds is 5. The largest absolute Gasteiger partial charge is 0.493 e. The van der Waals surface area contributed by atoms with Crippen molar-refractivity contribution in [1.29, 1.82) is 0 Å². The minimum Gasteiger partial charge on any atom is -0.493 e. The van der Waals surface area contributed by atoms with Crippen LogP contribution in [-0.2, 0) is 17.8 Å². The van der Waals surface area contributed by atoms with Crippen LogP contribution in [0.5, 0.6) is 28.7 Å². The van der Waals surface area contributed by atoms with E-state index in [0.29, 0.717) is 40.5 Å². The number of ether oxygens (including phenoxy) is 6. The van der Waals surface area contributed by atoms with E-state index in [4.69, 9.17) is 40.6 Å². The molecule has 33 heavy (non-hydrogen) atoms. The minimum absolute atomic E-state index is 0.179. The lowest BCUT2D eigenvalue weighted by Gasteiger charge is -2.42. The van der Waals surface area contributed by atoms with Crippen molar-refractivity contribution in [1.82, 2.24) is 10.2 Å². The van der Waals surface area contributed by atoms with E-state index in [0.717, 1.165) is 41.8 Å². The number of nitrogens with one attached hydrogen (secondary N) is 1. The van der Waals surface area contributed by atoms with E-state index in [-0.39, 0.29) is 18.9 Å². The van der Waals surface area contributed by atoms with Crippen molar-refractivity contribution in [3.63, 3.8) is 0 Å². The van der Waals surface area contributed by atoms with E-state index in [1.54, 1.807) is 21.3 Å². The summed E-state index contributed by atoms with van der Waals surface area (Å²) in [4.78, 5) is 2.20. The molecule has 176 valence electrons. The van der Waals surface area contributed by atoms with Crippen molar-refractivity contribution >= 4 is 17.3 Å². The van der Waals surface area contributed by atoms with E-state index < -0.39 is 0 Å². The highest BCUT2D eigenvalue weighted by Crippen LogP contribution is 2.55. The second-order valence-electron chi connectivity index (χ2n) is 8.04. The predicted molar refractivity (Wildman–Crippen MR) is 126 cm³/mol. The topological polar surface area (TPSA) is 70.7 Å². The minimum atomic E-state index is -0.287. The summed E-state index contributed by atoms with van der Waals surface area (Å²) >= 11 is 5.80. The zero-order valence-corrected chi connectivity index (χ0v) is 20.0. The van der Waals surface area contributed by atoms with E-state index >= 15 is 0 Å². The summed E-state index contributed by atoms with van der Waals surface area (Å²) in [5.41, 5.74) is 4.20. The zero-order valence-electron chi connectivity index (χ0n) is 19.2. The van der Waals surface area contributed by atoms with Crippen LogP contribution in [0.3, 0.4) is 0 Å². The van der Waals surface area contributed by atoms with E-state index in [2.05, 4.69) is 22.3 Å². The van der Waals surface area contributed by atoms with Crippen molar-refractivity contribution in [3.05, 3.63) is 40.5 Å². The van der Waals surface area contributed by atoms with Gasteiger partial charge in [-0.15, -0.1) is 0 Å². The van der Waals surface area contributed by atoms with Gasteiger partial charge < -0.3 is 38.6 Å². The van der Waals surface area contributed by atoms with Gasteiger partial charge in [-0.2, -0.15) is 0 Å². The Bertz CT molecular complexity index is 1090. The average Bonchev–Trinajstić information content (AvgIpc) is 3.48. The van der Waals surface area contributed by atoms with Crippen LogP contribution in [0, 0.1) is 0 Å². The number of hydrogen-bond acceptors (Lipinski definition) is 7. The molecule has 0 radical (unpaired) electrons. The van der Waals surface area contributed by atoms with Crippen LogP contribution < -0.4 is 29.0 Å². The van der Waals surface area contributed by atoms with Gasteiger partial charge in [-0.3, -0.25) is 0 Å². The van der Waals surface area contributed by atoms with Gasteiger partial charge in [0.05, 0.1) is 34.0 Å². The van der Waals surface area contributed by atoms with Crippen molar-refractivity contribution in [2.45, 2.75) is 32.1 Å². The molecule has 3 heterocycles. The maximum atomic E-state index is 6.45. The van der Waals surface area contributed by atoms with Gasteiger partial charge in [0.25, 0.3) is 0 Å². The molecule has 0 aromatic heterocycles. The SMILES string of the molecule is CCNC(=S)N1CCc2cc3c(c(OC)c2[C@@H]1[C@H]1OCc2c1ccc(OC)c2OC)OCO3. The smallest absolute Gasteiger partial charge is 0.231 e. The first-order valence-electron chi connectivity index (χ1n) is 11.0. The maximum Gasteiger partial charge on any atom is 0.231 e. The van der Waals surface area contributed by atoms with Crippen LogP contribution >= 0.6 is 12.2 Å². The summed E-state index contributed by atoms with van der Waals surface area (Å²) in [5, 5.41) is 4.00. The summed E-state index contributed by atoms with van der Waals surface area (Å²) in [5.74, 6) is 3.40. The summed E-state index contributed by atoms with van der Waals surface area (Å²) in [6.45, 7) is 4.12. The second-order valence-corrected chi connectivity index (χ2v) is 8.43. The van der Waals surface area contributed by atoms with Crippen LogP contribution in [0.1, 0.15) is 41.3 Å². The van der Waals surface area contributed by atoms with Crippen LogP contribution in [0.2, 0.25) is 0 Å². The molecule has 2 atom stereocenters. The molecule has 3 aliphatic heterocycles. The molecule has 5 rings (SSSR count). The molecule has 2 aromatic carbocycles. The van der Waals surface area contributed by atoms with Crippen LogP contribution in [-0.4, -0.2) is 51.2 Å². The molecular formula is C24H28N2O6S. The Morgan fingerprint density at radius 2 is 1.97 bits per heavy atom. The predicted octanol–water partition coefficient (Wildman–Crippen LogP) is 3.51. The normalized spacial score (nSPS) is 20.2. The van der Waals surface area contributed by atoms with Gasteiger partial charge in [0.1, 0.15) is 6.10 Å². The molecule has 8 nitrogen and oxygen atoms in total. The Labute approximate surface area is 198 Å². The van der Waals surface area contributed by atoms with Gasteiger partial charge >= 0.3 is 0 Å². The highest BCUT2D eigenvalue weighted by atomic mass is 32.1. The first-order valence-corrected chi connectivity index (χ1v) is 11.4. The lowest BCUT2D eigenvalue weighted by Crippen LogP contribution is -2.47. The Hall–Kier alpha value is -2.91. The molecule has 0 fully saturated rings. The zero-order chi connectivity index (χ0) is 23.1. The molecular weight excluding hydrogens is 444 g/mol. The van der Waals surface area contributed by atoms with Crippen molar-refractivity contribution in [2.24, 2.45) is 0 Å². The standard InChI is InChI=1S/C24H28N2O6S/c1-5-25-24(33)26-9-8-13-10-17-22(32-12-31-17)23(29-4)18(13)19(26)21-14-6-7-16(27-2)20(28-3)15(14)11-30-21/h6-7,10,19,21H,5,8-9,11-12H2,1-4H3,(H,25,33)/t19-,21+/m1/s1. The average molecular weight is 473 g/mol. The highest BCUT2D eigenvalue weighted by molar-refractivity contribution is 7.80. The van der Waals surface area contributed by atoms with Gasteiger partial charge in [-0.05, 0) is 48.8 Å². The number of hydrogen-bond donors (Lipinski definition) is 1. The number of methoxy groups -OCH3 is 3. The van der Waals surface area contributed by atoms with Crippen molar-refractivity contribution < 1.29 is 28.4 Å². The van der Waals surface area contributed by atoms with E-state index in [1.165, 1.54) is 0 Å². The third-order valence-corrected chi connectivity index (χ3v) is 6.85. The molecule has 3 aliphatic rings. The number of nitrogens with zero attached hydrogens (tertiary/aromatic N) is 1. The Morgan fingerprint density at radius 3 is 2.70 bits per heavy atom. The Balaban J connectivity index is 1.68.